The molecule has 0 radical (unpaired) electrons. The molecule has 2 aliphatic heterocycles. The number of anilines is 1. The molecule has 0 aromatic carbocycles. The lowest BCUT2D eigenvalue weighted by Crippen LogP contribution is -2.40. The number of pyridine rings is 1. The first-order valence-corrected chi connectivity index (χ1v) is 8.08. The van der Waals surface area contributed by atoms with Crippen molar-refractivity contribution in [2.75, 3.05) is 31.1 Å². The number of likely N-dealkylation sites (tertiary alicyclic amines) is 1. The highest BCUT2D eigenvalue weighted by Gasteiger charge is 2.13. The van der Waals surface area contributed by atoms with Crippen LogP contribution in [-0.2, 0) is 6.54 Å². The molecule has 2 fully saturated rings. The van der Waals surface area contributed by atoms with Crippen LogP contribution in [-0.4, -0.2) is 42.0 Å². The summed E-state index contributed by atoms with van der Waals surface area (Å²) in [6.45, 7) is 4.97. The molecule has 22 heavy (non-hydrogen) atoms. The summed E-state index contributed by atoms with van der Waals surface area (Å²) < 4.78 is 0. The Hall–Kier alpha value is -1.05. The van der Waals surface area contributed by atoms with E-state index in [4.69, 9.17) is 5.73 Å². The van der Waals surface area contributed by atoms with Crippen LogP contribution < -0.4 is 10.6 Å². The van der Waals surface area contributed by atoms with Gasteiger partial charge >= 0.3 is 0 Å². The predicted octanol–water partition coefficient (Wildman–Crippen LogP) is 2.60. The number of halogens is 1. The van der Waals surface area contributed by atoms with Gasteiger partial charge in [0, 0.05) is 32.4 Å². The fourth-order valence-electron chi connectivity index (χ4n) is 3.04. The molecule has 6 heteroatoms. The zero-order chi connectivity index (χ0) is 14.5. The number of guanidine groups is 1. The van der Waals surface area contributed by atoms with Gasteiger partial charge in [0.1, 0.15) is 5.82 Å². The van der Waals surface area contributed by atoms with Gasteiger partial charge in [-0.15, -0.1) is 24.0 Å². The van der Waals surface area contributed by atoms with Crippen LogP contribution in [0, 0.1) is 0 Å². The first kappa shape index (κ1) is 17.3. The summed E-state index contributed by atoms with van der Waals surface area (Å²) in [4.78, 5) is 13.6. The summed E-state index contributed by atoms with van der Waals surface area (Å²) in [5.41, 5.74) is 7.20. The van der Waals surface area contributed by atoms with Crippen molar-refractivity contribution in [3.63, 3.8) is 0 Å². The van der Waals surface area contributed by atoms with Crippen molar-refractivity contribution in [2.24, 2.45) is 10.7 Å². The Morgan fingerprint density at radius 3 is 2.36 bits per heavy atom. The molecule has 3 rings (SSSR count). The molecule has 2 saturated heterocycles. The van der Waals surface area contributed by atoms with Crippen molar-refractivity contribution < 1.29 is 0 Å². The van der Waals surface area contributed by atoms with Crippen LogP contribution in [0.4, 0.5) is 5.82 Å². The van der Waals surface area contributed by atoms with Crippen molar-refractivity contribution in [1.29, 1.82) is 0 Å². The zero-order valence-electron chi connectivity index (χ0n) is 13.1. The third kappa shape index (κ3) is 4.47. The molecule has 0 aliphatic carbocycles. The standard InChI is InChI=1S/C16H25N5.HI/c17-16(21-10-2-1-3-11-21)19-13-14-6-7-15(18-12-14)20-8-4-5-9-20;/h6-7,12H,1-5,8-11,13H2,(H2,17,19);1H. The molecule has 1 aromatic rings. The predicted molar refractivity (Wildman–Crippen MR) is 102 cm³/mol. The topological polar surface area (TPSA) is 57.8 Å². The van der Waals surface area contributed by atoms with E-state index in [9.17, 15) is 0 Å². The van der Waals surface area contributed by atoms with Crippen molar-refractivity contribution in [1.82, 2.24) is 9.88 Å². The van der Waals surface area contributed by atoms with E-state index in [-0.39, 0.29) is 24.0 Å². The molecule has 0 spiro atoms. The van der Waals surface area contributed by atoms with E-state index in [1.54, 1.807) is 0 Å². The molecule has 2 aliphatic rings. The third-order valence-corrected chi connectivity index (χ3v) is 4.34. The summed E-state index contributed by atoms with van der Waals surface area (Å²) in [5.74, 6) is 1.77. The van der Waals surface area contributed by atoms with Crippen LogP contribution in [0.15, 0.2) is 23.3 Å². The summed E-state index contributed by atoms with van der Waals surface area (Å²) in [6.07, 6.45) is 8.25. The molecule has 1 aromatic heterocycles. The van der Waals surface area contributed by atoms with Crippen LogP contribution in [0.25, 0.3) is 0 Å². The van der Waals surface area contributed by atoms with E-state index >= 15 is 0 Å². The van der Waals surface area contributed by atoms with Gasteiger partial charge in [-0.25, -0.2) is 9.98 Å². The first-order chi connectivity index (χ1) is 10.3. The SMILES string of the molecule is I.NC(=NCc1ccc(N2CCCC2)nc1)N1CCCCC1. The van der Waals surface area contributed by atoms with Gasteiger partial charge in [-0.1, -0.05) is 6.07 Å². The number of hydrogen-bond donors (Lipinski definition) is 1. The van der Waals surface area contributed by atoms with E-state index in [2.05, 4.69) is 31.9 Å². The molecule has 5 nitrogen and oxygen atoms in total. The maximum absolute atomic E-state index is 6.07. The fourth-order valence-corrected chi connectivity index (χ4v) is 3.04. The molecule has 3 heterocycles. The van der Waals surface area contributed by atoms with Crippen LogP contribution in [0.3, 0.4) is 0 Å². The normalized spacial score (nSPS) is 19.2. The minimum atomic E-state index is 0. The Balaban J connectivity index is 0.00000176. The maximum atomic E-state index is 6.07. The number of nitrogens with zero attached hydrogens (tertiary/aromatic N) is 4. The Morgan fingerprint density at radius 1 is 1.05 bits per heavy atom. The first-order valence-electron chi connectivity index (χ1n) is 8.08. The van der Waals surface area contributed by atoms with Crippen molar-refractivity contribution in [3.8, 4) is 0 Å². The Labute approximate surface area is 150 Å². The second kappa shape index (κ2) is 8.55. The lowest BCUT2D eigenvalue weighted by atomic mass is 10.1. The van der Waals surface area contributed by atoms with Crippen LogP contribution >= 0.6 is 24.0 Å². The van der Waals surface area contributed by atoms with Gasteiger partial charge in [-0.05, 0) is 43.7 Å². The van der Waals surface area contributed by atoms with Gasteiger partial charge in [-0.3, -0.25) is 0 Å². The highest BCUT2D eigenvalue weighted by Crippen LogP contribution is 2.17. The molecule has 0 bridgehead atoms. The summed E-state index contributed by atoms with van der Waals surface area (Å²) in [5, 5.41) is 0. The minimum Gasteiger partial charge on any atom is -0.370 e. The van der Waals surface area contributed by atoms with E-state index in [1.807, 2.05) is 6.20 Å². The van der Waals surface area contributed by atoms with Gasteiger partial charge in [0.2, 0.25) is 0 Å². The Kier molecular flexibility index (Phi) is 6.72. The molecule has 0 atom stereocenters. The number of aromatic nitrogens is 1. The van der Waals surface area contributed by atoms with Gasteiger partial charge in [0.05, 0.1) is 6.54 Å². The third-order valence-electron chi connectivity index (χ3n) is 4.34. The van der Waals surface area contributed by atoms with E-state index in [1.165, 1.54) is 32.1 Å². The number of rotatable bonds is 3. The molecular weight excluding hydrogens is 389 g/mol. The average molecular weight is 415 g/mol. The van der Waals surface area contributed by atoms with Crippen molar-refractivity contribution >= 4 is 35.8 Å². The lowest BCUT2D eigenvalue weighted by Gasteiger charge is -2.27. The highest BCUT2D eigenvalue weighted by atomic mass is 127. The van der Waals surface area contributed by atoms with Crippen molar-refractivity contribution in [2.45, 2.75) is 38.6 Å². The van der Waals surface area contributed by atoms with Gasteiger partial charge in [-0.2, -0.15) is 0 Å². The minimum absolute atomic E-state index is 0. The molecule has 0 amide bonds. The Bertz CT molecular complexity index is 476. The summed E-state index contributed by atoms with van der Waals surface area (Å²) in [7, 11) is 0. The second-order valence-corrected chi connectivity index (χ2v) is 5.94. The number of hydrogen-bond acceptors (Lipinski definition) is 3. The maximum Gasteiger partial charge on any atom is 0.191 e. The molecular formula is C16H26IN5. The molecule has 122 valence electrons. The fraction of sp³-hybridized carbons (Fsp3) is 0.625. The number of aliphatic imine (C=N–C) groups is 1. The van der Waals surface area contributed by atoms with Gasteiger partial charge in [0.25, 0.3) is 0 Å². The number of piperidine rings is 1. The van der Waals surface area contributed by atoms with Crippen molar-refractivity contribution in [3.05, 3.63) is 23.9 Å². The average Bonchev–Trinajstić information content (AvgIpc) is 3.08. The Morgan fingerprint density at radius 2 is 1.73 bits per heavy atom. The quantitative estimate of drug-likeness (QED) is 0.469. The van der Waals surface area contributed by atoms with Crippen LogP contribution in [0.2, 0.25) is 0 Å². The van der Waals surface area contributed by atoms with E-state index < -0.39 is 0 Å². The second-order valence-electron chi connectivity index (χ2n) is 5.94. The van der Waals surface area contributed by atoms with Gasteiger partial charge in [0.15, 0.2) is 5.96 Å². The van der Waals surface area contributed by atoms with Crippen LogP contribution in [0.1, 0.15) is 37.7 Å². The highest BCUT2D eigenvalue weighted by molar-refractivity contribution is 14.0. The smallest absolute Gasteiger partial charge is 0.191 e. The summed E-state index contributed by atoms with van der Waals surface area (Å²) in [6, 6.07) is 4.22. The van der Waals surface area contributed by atoms with Gasteiger partial charge < -0.3 is 15.5 Å². The van der Waals surface area contributed by atoms with Crippen LogP contribution in [0.5, 0.6) is 0 Å². The molecule has 0 saturated carbocycles. The summed E-state index contributed by atoms with van der Waals surface area (Å²) >= 11 is 0. The lowest BCUT2D eigenvalue weighted by molar-refractivity contribution is 0.338. The largest absolute Gasteiger partial charge is 0.370 e. The monoisotopic (exact) mass is 415 g/mol. The molecule has 2 N–H and O–H groups in total. The number of nitrogens with two attached hydrogens (primary N) is 1. The zero-order valence-corrected chi connectivity index (χ0v) is 15.4. The molecule has 0 unspecified atom stereocenters. The van der Waals surface area contributed by atoms with E-state index in [0.717, 1.165) is 37.6 Å². The van der Waals surface area contributed by atoms with E-state index in [0.29, 0.717) is 12.5 Å².